The van der Waals surface area contributed by atoms with Crippen LogP contribution in [0.1, 0.15) is 34.6 Å². The molecule has 0 unspecified atom stereocenters. The van der Waals surface area contributed by atoms with Gasteiger partial charge in [0, 0.05) is 17.8 Å². The van der Waals surface area contributed by atoms with Crippen molar-refractivity contribution in [2.75, 3.05) is 5.32 Å². The van der Waals surface area contributed by atoms with Gasteiger partial charge in [-0.05, 0) is 46.8 Å². The van der Waals surface area contributed by atoms with E-state index in [-0.39, 0.29) is 18.2 Å². The minimum atomic E-state index is -0.472. The number of rotatable bonds is 4. The molecule has 0 fully saturated rings. The standard InChI is InChI=1S/C15H24N2O2/c1-11(16-13-9-7-6-8-10-13)12(2)17-14(18)19-15(3,4)5/h6-12,16H,1-5H3,(H,17,18)/t11-,12+/m1/s1. The van der Waals surface area contributed by atoms with Gasteiger partial charge in [-0.1, -0.05) is 18.2 Å². The number of benzene rings is 1. The van der Waals surface area contributed by atoms with Crippen molar-refractivity contribution in [3.05, 3.63) is 30.3 Å². The molecular weight excluding hydrogens is 240 g/mol. The van der Waals surface area contributed by atoms with Crippen molar-refractivity contribution in [2.24, 2.45) is 0 Å². The molecule has 0 aliphatic heterocycles. The van der Waals surface area contributed by atoms with E-state index in [0.29, 0.717) is 0 Å². The van der Waals surface area contributed by atoms with Crippen molar-refractivity contribution in [1.29, 1.82) is 0 Å². The highest BCUT2D eigenvalue weighted by Gasteiger charge is 2.20. The smallest absolute Gasteiger partial charge is 0.407 e. The van der Waals surface area contributed by atoms with E-state index < -0.39 is 5.60 Å². The van der Waals surface area contributed by atoms with Crippen molar-refractivity contribution in [3.63, 3.8) is 0 Å². The number of hydrogen-bond acceptors (Lipinski definition) is 3. The maximum Gasteiger partial charge on any atom is 0.407 e. The van der Waals surface area contributed by atoms with Crippen LogP contribution in [0.3, 0.4) is 0 Å². The second-order valence-corrected chi connectivity index (χ2v) is 5.73. The first kappa shape index (κ1) is 15.3. The zero-order valence-electron chi connectivity index (χ0n) is 12.4. The molecule has 0 radical (unpaired) electrons. The lowest BCUT2D eigenvalue weighted by Gasteiger charge is -2.26. The largest absolute Gasteiger partial charge is 0.444 e. The summed E-state index contributed by atoms with van der Waals surface area (Å²) in [6.45, 7) is 9.52. The van der Waals surface area contributed by atoms with Crippen molar-refractivity contribution in [1.82, 2.24) is 5.32 Å². The fourth-order valence-electron chi connectivity index (χ4n) is 1.54. The van der Waals surface area contributed by atoms with E-state index in [0.717, 1.165) is 5.69 Å². The summed E-state index contributed by atoms with van der Waals surface area (Å²) in [5, 5.41) is 6.17. The van der Waals surface area contributed by atoms with Gasteiger partial charge < -0.3 is 15.4 Å². The van der Waals surface area contributed by atoms with E-state index in [4.69, 9.17) is 4.74 Å². The van der Waals surface area contributed by atoms with Crippen LogP contribution < -0.4 is 10.6 Å². The lowest BCUT2D eigenvalue weighted by molar-refractivity contribution is 0.0505. The van der Waals surface area contributed by atoms with Crippen LogP contribution in [-0.2, 0) is 4.74 Å². The molecule has 0 aliphatic rings. The SMILES string of the molecule is C[C@H](NC(=O)OC(C)(C)C)[C@@H](C)Nc1ccccc1. The molecule has 0 aliphatic carbocycles. The van der Waals surface area contributed by atoms with Gasteiger partial charge in [-0.3, -0.25) is 0 Å². The molecule has 106 valence electrons. The molecule has 1 rings (SSSR count). The van der Waals surface area contributed by atoms with E-state index in [2.05, 4.69) is 10.6 Å². The summed E-state index contributed by atoms with van der Waals surface area (Å²) >= 11 is 0. The normalized spacial score (nSPS) is 14.4. The van der Waals surface area contributed by atoms with Gasteiger partial charge >= 0.3 is 6.09 Å². The summed E-state index contributed by atoms with van der Waals surface area (Å²) in [4.78, 5) is 11.7. The number of nitrogens with one attached hydrogen (secondary N) is 2. The highest BCUT2D eigenvalue weighted by atomic mass is 16.6. The van der Waals surface area contributed by atoms with E-state index in [9.17, 15) is 4.79 Å². The Morgan fingerprint density at radius 3 is 2.21 bits per heavy atom. The quantitative estimate of drug-likeness (QED) is 0.876. The second kappa shape index (κ2) is 6.45. The summed E-state index contributed by atoms with van der Waals surface area (Å²) in [6, 6.07) is 9.98. The van der Waals surface area contributed by atoms with Gasteiger partial charge in [0.1, 0.15) is 5.60 Å². The predicted molar refractivity (Wildman–Crippen MR) is 78.4 cm³/mol. The molecule has 0 bridgehead atoms. The Balaban J connectivity index is 2.45. The molecule has 0 saturated carbocycles. The van der Waals surface area contributed by atoms with Crippen LogP contribution in [0.25, 0.3) is 0 Å². The molecule has 4 nitrogen and oxygen atoms in total. The summed E-state index contributed by atoms with van der Waals surface area (Å²) in [6.07, 6.45) is -0.387. The van der Waals surface area contributed by atoms with Gasteiger partial charge in [0.15, 0.2) is 0 Å². The fraction of sp³-hybridized carbons (Fsp3) is 0.533. The average molecular weight is 264 g/mol. The molecule has 2 N–H and O–H groups in total. The average Bonchev–Trinajstić information content (AvgIpc) is 2.27. The maximum absolute atomic E-state index is 11.7. The van der Waals surface area contributed by atoms with Crippen LogP contribution in [0.4, 0.5) is 10.5 Å². The van der Waals surface area contributed by atoms with Gasteiger partial charge in [-0.25, -0.2) is 4.79 Å². The zero-order chi connectivity index (χ0) is 14.5. The monoisotopic (exact) mass is 264 g/mol. The van der Waals surface area contributed by atoms with Crippen molar-refractivity contribution >= 4 is 11.8 Å². The number of amides is 1. The number of alkyl carbamates (subject to hydrolysis) is 1. The number of anilines is 1. The van der Waals surface area contributed by atoms with Gasteiger partial charge in [-0.15, -0.1) is 0 Å². The Bertz CT molecular complexity index is 398. The molecule has 0 spiro atoms. The molecular formula is C15H24N2O2. The molecule has 0 saturated heterocycles. The Morgan fingerprint density at radius 1 is 1.11 bits per heavy atom. The zero-order valence-corrected chi connectivity index (χ0v) is 12.4. The van der Waals surface area contributed by atoms with Crippen LogP contribution in [0, 0.1) is 0 Å². The summed E-state index contributed by atoms with van der Waals surface area (Å²) in [7, 11) is 0. The Labute approximate surface area is 115 Å². The third kappa shape index (κ3) is 6.13. The molecule has 0 heterocycles. The lowest BCUT2D eigenvalue weighted by atomic mass is 10.1. The van der Waals surface area contributed by atoms with Crippen molar-refractivity contribution < 1.29 is 9.53 Å². The number of carbonyl (C=O) groups is 1. The summed E-state index contributed by atoms with van der Waals surface area (Å²) in [5.41, 5.74) is 0.563. The minimum absolute atomic E-state index is 0.0324. The number of carbonyl (C=O) groups excluding carboxylic acids is 1. The van der Waals surface area contributed by atoms with Gasteiger partial charge in [0.25, 0.3) is 0 Å². The van der Waals surface area contributed by atoms with Gasteiger partial charge in [-0.2, -0.15) is 0 Å². The van der Waals surface area contributed by atoms with Crippen molar-refractivity contribution in [3.8, 4) is 0 Å². The highest BCUT2D eigenvalue weighted by molar-refractivity contribution is 5.68. The first-order chi connectivity index (χ1) is 8.78. The molecule has 4 heteroatoms. The molecule has 19 heavy (non-hydrogen) atoms. The predicted octanol–water partition coefficient (Wildman–Crippen LogP) is 3.40. The van der Waals surface area contributed by atoms with Crippen molar-refractivity contribution in [2.45, 2.75) is 52.3 Å². The first-order valence-corrected chi connectivity index (χ1v) is 6.59. The van der Waals surface area contributed by atoms with E-state index >= 15 is 0 Å². The van der Waals surface area contributed by atoms with Gasteiger partial charge in [0.2, 0.25) is 0 Å². The number of hydrogen-bond donors (Lipinski definition) is 2. The van der Waals surface area contributed by atoms with Crippen LogP contribution in [0.15, 0.2) is 30.3 Å². The Kier molecular flexibility index (Phi) is 5.21. The van der Waals surface area contributed by atoms with Crippen LogP contribution in [0.2, 0.25) is 0 Å². The topological polar surface area (TPSA) is 50.4 Å². The molecule has 1 aromatic carbocycles. The molecule has 0 aromatic heterocycles. The van der Waals surface area contributed by atoms with E-state index in [1.54, 1.807) is 0 Å². The van der Waals surface area contributed by atoms with Crippen LogP contribution >= 0.6 is 0 Å². The summed E-state index contributed by atoms with van der Waals surface area (Å²) in [5.74, 6) is 0. The Hall–Kier alpha value is -1.71. The first-order valence-electron chi connectivity index (χ1n) is 6.59. The summed E-state index contributed by atoms with van der Waals surface area (Å²) < 4.78 is 5.23. The second-order valence-electron chi connectivity index (χ2n) is 5.73. The minimum Gasteiger partial charge on any atom is -0.444 e. The number of ether oxygens (including phenoxy) is 1. The molecule has 2 atom stereocenters. The fourth-order valence-corrected chi connectivity index (χ4v) is 1.54. The highest BCUT2D eigenvalue weighted by Crippen LogP contribution is 2.10. The third-order valence-electron chi connectivity index (χ3n) is 2.66. The molecule has 1 aromatic rings. The number of para-hydroxylation sites is 1. The van der Waals surface area contributed by atoms with E-state index in [1.807, 2.05) is 65.0 Å². The third-order valence-corrected chi connectivity index (χ3v) is 2.66. The maximum atomic E-state index is 11.7. The van der Waals surface area contributed by atoms with Crippen LogP contribution in [-0.4, -0.2) is 23.8 Å². The van der Waals surface area contributed by atoms with E-state index in [1.165, 1.54) is 0 Å². The van der Waals surface area contributed by atoms with Crippen LogP contribution in [0.5, 0.6) is 0 Å². The van der Waals surface area contributed by atoms with Gasteiger partial charge in [0.05, 0.1) is 0 Å². The molecule has 1 amide bonds. The Morgan fingerprint density at radius 2 is 1.68 bits per heavy atom. The lowest BCUT2D eigenvalue weighted by Crippen LogP contribution is -2.45.